The van der Waals surface area contributed by atoms with Gasteiger partial charge in [-0.25, -0.2) is 14.8 Å². The molecule has 0 aliphatic heterocycles. The Labute approximate surface area is 85.9 Å². The maximum atomic E-state index is 10.7. The second-order valence-corrected chi connectivity index (χ2v) is 4.16. The number of aromatic carboxylic acids is 1. The molecule has 14 heavy (non-hydrogen) atoms. The van der Waals surface area contributed by atoms with Crippen molar-refractivity contribution in [3.63, 3.8) is 0 Å². The molecule has 0 atom stereocenters. The van der Waals surface area contributed by atoms with E-state index in [2.05, 4.69) is 9.97 Å². The fourth-order valence-corrected chi connectivity index (χ4v) is 1.39. The summed E-state index contributed by atoms with van der Waals surface area (Å²) in [6.45, 7) is 2.02. The summed E-state index contributed by atoms with van der Waals surface area (Å²) in [5.41, 5.74) is -0.140. The van der Waals surface area contributed by atoms with Gasteiger partial charge in [0.2, 0.25) is 0 Å². The highest BCUT2D eigenvalue weighted by molar-refractivity contribution is 6.33. The Morgan fingerprint density at radius 2 is 2.29 bits per heavy atom. The molecule has 0 unspecified atom stereocenters. The summed E-state index contributed by atoms with van der Waals surface area (Å²) in [6.07, 6.45) is 3.37. The van der Waals surface area contributed by atoms with Crippen LogP contribution in [0.25, 0.3) is 0 Å². The first-order valence-corrected chi connectivity index (χ1v) is 4.67. The zero-order valence-electron chi connectivity index (χ0n) is 7.62. The van der Waals surface area contributed by atoms with Crippen LogP contribution in [0.5, 0.6) is 0 Å². The number of halogens is 1. The first-order chi connectivity index (χ1) is 6.53. The minimum atomic E-state index is -1.11. The molecule has 1 aromatic rings. The normalized spacial score (nSPS) is 17.9. The number of carbonyl (C=O) groups is 1. The van der Waals surface area contributed by atoms with E-state index in [4.69, 9.17) is 16.7 Å². The number of aromatic nitrogens is 2. The second-order valence-electron chi connectivity index (χ2n) is 3.76. The summed E-state index contributed by atoms with van der Waals surface area (Å²) >= 11 is 5.66. The molecule has 0 radical (unpaired) electrons. The van der Waals surface area contributed by atoms with Crippen molar-refractivity contribution >= 4 is 17.6 Å². The first kappa shape index (κ1) is 9.40. The van der Waals surface area contributed by atoms with Crippen molar-refractivity contribution in [3.05, 3.63) is 22.7 Å². The summed E-state index contributed by atoms with van der Waals surface area (Å²) in [7, 11) is 0. The van der Waals surface area contributed by atoms with Gasteiger partial charge in [0.05, 0.1) is 11.2 Å². The van der Waals surface area contributed by atoms with E-state index >= 15 is 0 Å². The molecule has 5 heteroatoms. The number of hydrogen-bond acceptors (Lipinski definition) is 3. The van der Waals surface area contributed by atoms with Gasteiger partial charge in [-0.3, -0.25) is 0 Å². The molecule has 0 amide bonds. The van der Waals surface area contributed by atoms with Crippen molar-refractivity contribution in [2.75, 3.05) is 0 Å². The number of carboxylic acid groups (broad SMARTS) is 1. The van der Waals surface area contributed by atoms with E-state index in [0.717, 1.165) is 12.8 Å². The Morgan fingerprint density at radius 1 is 1.64 bits per heavy atom. The lowest BCUT2D eigenvalue weighted by Crippen LogP contribution is -2.11. The van der Waals surface area contributed by atoms with Crippen LogP contribution in [0, 0.1) is 0 Å². The minimum absolute atomic E-state index is 0.0329. The SMILES string of the molecule is CC1(c2ncc(Cl)c(C(=O)O)n2)CC1. The molecule has 1 aliphatic carbocycles. The van der Waals surface area contributed by atoms with Gasteiger partial charge in [-0.15, -0.1) is 0 Å². The van der Waals surface area contributed by atoms with Crippen molar-refractivity contribution in [1.29, 1.82) is 0 Å². The predicted octanol–water partition coefficient (Wildman–Crippen LogP) is 1.88. The molecule has 1 N–H and O–H groups in total. The Morgan fingerprint density at radius 3 is 2.79 bits per heavy atom. The fraction of sp³-hybridized carbons (Fsp3) is 0.444. The van der Waals surface area contributed by atoms with Crippen molar-refractivity contribution < 1.29 is 9.90 Å². The largest absolute Gasteiger partial charge is 0.476 e. The topological polar surface area (TPSA) is 63.1 Å². The monoisotopic (exact) mass is 212 g/mol. The lowest BCUT2D eigenvalue weighted by Gasteiger charge is -2.07. The van der Waals surface area contributed by atoms with E-state index in [1.807, 2.05) is 6.92 Å². The average molecular weight is 213 g/mol. The molecule has 0 bridgehead atoms. The van der Waals surface area contributed by atoms with Gasteiger partial charge in [0, 0.05) is 5.41 Å². The van der Waals surface area contributed by atoms with Gasteiger partial charge in [-0.05, 0) is 12.8 Å². The second kappa shape index (κ2) is 2.92. The molecule has 0 spiro atoms. The predicted molar refractivity (Wildman–Crippen MR) is 50.6 cm³/mol. The van der Waals surface area contributed by atoms with Crippen LogP contribution >= 0.6 is 11.6 Å². The molecule has 74 valence electrons. The number of rotatable bonds is 2. The Hall–Kier alpha value is -1.16. The van der Waals surface area contributed by atoms with Crippen LogP contribution < -0.4 is 0 Å². The lowest BCUT2D eigenvalue weighted by atomic mass is 10.1. The molecule has 0 saturated heterocycles. The van der Waals surface area contributed by atoms with Crippen LogP contribution in [0.1, 0.15) is 36.1 Å². The molecule has 1 saturated carbocycles. The van der Waals surface area contributed by atoms with Crippen LogP contribution in [-0.2, 0) is 5.41 Å². The molecule has 1 heterocycles. The van der Waals surface area contributed by atoms with Gasteiger partial charge in [-0.1, -0.05) is 18.5 Å². The van der Waals surface area contributed by atoms with E-state index in [0.29, 0.717) is 5.82 Å². The molecule has 4 nitrogen and oxygen atoms in total. The molecule has 0 aromatic carbocycles. The highest BCUT2D eigenvalue weighted by Gasteiger charge is 2.42. The zero-order valence-corrected chi connectivity index (χ0v) is 8.38. The standard InChI is InChI=1S/C9H9ClN2O2/c1-9(2-3-9)8-11-4-5(10)6(12-8)7(13)14/h4H,2-3H2,1H3,(H,13,14). The minimum Gasteiger partial charge on any atom is -0.476 e. The van der Waals surface area contributed by atoms with Crippen LogP contribution in [0.15, 0.2) is 6.20 Å². The van der Waals surface area contributed by atoms with Crippen LogP contribution in [0.4, 0.5) is 0 Å². The molecule has 2 rings (SSSR count). The van der Waals surface area contributed by atoms with E-state index in [9.17, 15) is 4.79 Å². The van der Waals surface area contributed by atoms with Crippen LogP contribution in [-0.4, -0.2) is 21.0 Å². The molecular formula is C9H9ClN2O2. The van der Waals surface area contributed by atoms with Gasteiger partial charge < -0.3 is 5.11 Å². The van der Waals surface area contributed by atoms with Gasteiger partial charge in [-0.2, -0.15) is 0 Å². The summed E-state index contributed by atoms with van der Waals surface area (Å²) < 4.78 is 0. The van der Waals surface area contributed by atoms with Crippen molar-refractivity contribution in [1.82, 2.24) is 9.97 Å². The third kappa shape index (κ3) is 1.46. The third-order valence-electron chi connectivity index (χ3n) is 2.49. The summed E-state index contributed by atoms with van der Waals surface area (Å²) in [5, 5.41) is 8.89. The smallest absolute Gasteiger partial charge is 0.356 e. The number of carboxylic acids is 1. The van der Waals surface area contributed by atoms with E-state index in [1.54, 1.807) is 0 Å². The fourth-order valence-electron chi connectivity index (χ4n) is 1.22. The van der Waals surface area contributed by atoms with Crippen molar-refractivity contribution in [2.45, 2.75) is 25.2 Å². The van der Waals surface area contributed by atoms with Gasteiger partial charge >= 0.3 is 5.97 Å². The van der Waals surface area contributed by atoms with Crippen molar-refractivity contribution in [3.8, 4) is 0 Å². The lowest BCUT2D eigenvalue weighted by molar-refractivity contribution is 0.0690. The number of hydrogen-bond donors (Lipinski definition) is 1. The Balaban J connectivity index is 2.46. The Bertz CT molecular complexity index is 402. The van der Waals surface area contributed by atoms with Gasteiger partial charge in [0.15, 0.2) is 5.69 Å². The summed E-state index contributed by atoms with van der Waals surface area (Å²) in [5.74, 6) is -0.526. The Kier molecular flexibility index (Phi) is 1.96. The van der Waals surface area contributed by atoms with E-state index < -0.39 is 5.97 Å². The quantitative estimate of drug-likeness (QED) is 0.813. The van der Waals surface area contributed by atoms with E-state index in [1.165, 1.54) is 6.20 Å². The molecule has 1 aliphatic rings. The van der Waals surface area contributed by atoms with Gasteiger partial charge in [0.1, 0.15) is 5.82 Å². The van der Waals surface area contributed by atoms with E-state index in [-0.39, 0.29) is 16.1 Å². The summed E-state index contributed by atoms with van der Waals surface area (Å²) in [6, 6.07) is 0. The maximum Gasteiger partial charge on any atom is 0.356 e. The summed E-state index contributed by atoms with van der Waals surface area (Å²) in [4.78, 5) is 18.8. The first-order valence-electron chi connectivity index (χ1n) is 4.29. The van der Waals surface area contributed by atoms with Gasteiger partial charge in [0.25, 0.3) is 0 Å². The zero-order chi connectivity index (χ0) is 10.3. The maximum absolute atomic E-state index is 10.7. The van der Waals surface area contributed by atoms with Crippen LogP contribution in [0.2, 0.25) is 5.02 Å². The number of nitrogens with zero attached hydrogens (tertiary/aromatic N) is 2. The highest BCUT2D eigenvalue weighted by atomic mass is 35.5. The molecule has 1 fully saturated rings. The van der Waals surface area contributed by atoms with Crippen LogP contribution in [0.3, 0.4) is 0 Å². The average Bonchev–Trinajstić information content (AvgIpc) is 2.85. The third-order valence-corrected chi connectivity index (χ3v) is 2.76. The molecular weight excluding hydrogens is 204 g/mol. The van der Waals surface area contributed by atoms with Crippen molar-refractivity contribution in [2.24, 2.45) is 0 Å². The molecule has 1 aromatic heterocycles. The highest BCUT2D eigenvalue weighted by Crippen LogP contribution is 2.45.